The second-order valence-electron chi connectivity index (χ2n) is 8.16. The largest absolute Gasteiger partial charge is 0.367 e. The summed E-state index contributed by atoms with van der Waals surface area (Å²) in [7, 11) is 0. The number of piperazine rings is 1. The molecule has 35 heavy (non-hydrogen) atoms. The molecular weight excluding hydrogens is 452 g/mol. The number of carbonyl (C=O) groups is 1. The van der Waals surface area contributed by atoms with E-state index < -0.39 is 27.1 Å². The molecule has 1 fully saturated rings. The topological polar surface area (TPSA) is 135 Å². The lowest BCUT2D eigenvalue weighted by Gasteiger charge is -2.37. The van der Waals surface area contributed by atoms with Crippen LogP contribution in [0, 0.1) is 20.2 Å². The Morgan fingerprint density at radius 1 is 0.914 bits per heavy atom. The highest BCUT2D eigenvalue weighted by Gasteiger charge is 2.22. The minimum absolute atomic E-state index is 0.151. The second kappa shape index (κ2) is 10.7. The van der Waals surface area contributed by atoms with Crippen LogP contribution in [0.3, 0.4) is 0 Å². The number of nitro groups is 2. The van der Waals surface area contributed by atoms with E-state index in [1.807, 2.05) is 24.3 Å². The Bertz CT molecular complexity index is 1200. The fourth-order valence-corrected chi connectivity index (χ4v) is 4.04. The summed E-state index contributed by atoms with van der Waals surface area (Å²) >= 11 is 0. The second-order valence-corrected chi connectivity index (χ2v) is 8.16. The molecule has 1 aromatic heterocycles. The van der Waals surface area contributed by atoms with Crippen LogP contribution < -0.4 is 10.2 Å². The molecule has 11 nitrogen and oxygen atoms in total. The number of aromatic nitrogens is 1. The lowest BCUT2D eigenvalue weighted by Crippen LogP contribution is -2.47. The van der Waals surface area contributed by atoms with Crippen LogP contribution in [-0.2, 0) is 6.42 Å². The lowest BCUT2D eigenvalue weighted by molar-refractivity contribution is -0.394. The van der Waals surface area contributed by atoms with Crippen molar-refractivity contribution >= 4 is 28.7 Å². The van der Waals surface area contributed by atoms with Crippen molar-refractivity contribution in [1.29, 1.82) is 0 Å². The number of anilines is 2. The molecule has 0 bridgehead atoms. The molecule has 180 valence electrons. The molecule has 3 aromatic rings. The van der Waals surface area contributed by atoms with Crippen LogP contribution in [-0.4, -0.2) is 58.4 Å². The van der Waals surface area contributed by atoms with Crippen molar-refractivity contribution in [2.45, 2.75) is 6.42 Å². The van der Waals surface area contributed by atoms with Crippen LogP contribution in [0.25, 0.3) is 0 Å². The summed E-state index contributed by atoms with van der Waals surface area (Å²) < 4.78 is 0. The summed E-state index contributed by atoms with van der Waals surface area (Å²) in [6, 6.07) is 14.2. The predicted molar refractivity (Wildman–Crippen MR) is 131 cm³/mol. The maximum absolute atomic E-state index is 12.9. The number of amides is 1. The van der Waals surface area contributed by atoms with E-state index in [9.17, 15) is 25.0 Å². The third-order valence-electron chi connectivity index (χ3n) is 5.92. The minimum Gasteiger partial charge on any atom is -0.367 e. The summed E-state index contributed by atoms with van der Waals surface area (Å²) in [6.45, 7) is 4.22. The fourth-order valence-electron chi connectivity index (χ4n) is 4.04. The van der Waals surface area contributed by atoms with Crippen molar-refractivity contribution < 1.29 is 14.6 Å². The van der Waals surface area contributed by atoms with Gasteiger partial charge in [-0.3, -0.25) is 34.9 Å². The van der Waals surface area contributed by atoms with Crippen LogP contribution >= 0.6 is 0 Å². The van der Waals surface area contributed by atoms with Gasteiger partial charge in [-0.2, -0.15) is 0 Å². The fraction of sp³-hybridized carbons (Fsp3) is 0.250. The first kappa shape index (κ1) is 23.8. The summed E-state index contributed by atoms with van der Waals surface area (Å²) in [5, 5.41) is 25.1. The van der Waals surface area contributed by atoms with E-state index in [1.54, 1.807) is 24.5 Å². The van der Waals surface area contributed by atoms with Crippen molar-refractivity contribution in [3.8, 4) is 0 Å². The molecule has 0 atom stereocenters. The standard InChI is InChI=1S/C24H24N6O5/c31-24(19-15-20(29(32)33)17-21(16-19)30(34)35)26-22-3-1-2-4-23(22)28-13-11-27(12-14-28)10-7-18-5-8-25-9-6-18/h1-6,8-9,15-17H,7,10-14H2,(H,26,31). The molecule has 0 radical (unpaired) electrons. The number of nitro benzene ring substituents is 2. The Balaban J connectivity index is 1.43. The van der Waals surface area contributed by atoms with Crippen molar-refractivity contribution in [2.24, 2.45) is 0 Å². The molecule has 0 aliphatic carbocycles. The van der Waals surface area contributed by atoms with Gasteiger partial charge in [-0.25, -0.2) is 0 Å². The third kappa shape index (κ3) is 5.95. The summed E-state index contributed by atoms with van der Waals surface area (Å²) in [5.41, 5.74) is 1.44. The van der Waals surface area contributed by atoms with E-state index >= 15 is 0 Å². The van der Waals surface area contributed by atoms with Crippen molar-refractivity contribution in [1.82, 2.24) is 9.88 Å². The van der Waals surface area contributed by atoms with Crippen molar-refractivity contribution in [3.05, 3.63) is 98.3 Å². The number of nitrogens with zero attached hydrogens (tertiary/aromatic N) is 5. The van der Waals surface area contributed by atoms with Crippen LogP contribution in [0.2, 0.25) is 0 Å². The van der Waals surface area contributed by atoms with Gasteiger partial charge in [-0.15, -0.1) is 0 Å². The molecular formula is C24H24N6O5. The first-order valence-corrected chi connectivity index (χ1v) is 11.1. The van der Waals surface area contributed by atoms with Crippen LogP contribution in [0.4, 0.5) is 22.7 Å². The molecule has 1 saturated heterocycles. The maximum Gasteiger partial charge on any atom is 0.277 e. The monoisotopic (exact) mass is 476 g/mol. The summed E-state index contributed by atoms with van der Waals surface area (Å²) in [6.07, 6.45) is 4.54. The quantitative estimate of drug-likeness (QED) is 0.385. The number of hydrogen-bond donors (Lipinski definition) is 1. The van der Waals surface area contributed by atoms with Gasteiger partial charge in [0.1, 0.15) is 0 Å². The highest BCUT2D eigenvalue weighted by Crippen LogP contribution is 2.28. The smallest absolute Gasteiger partial charge is 0.277 e. The summed E-state index contributed by atoms with van der Waals surface area (Å²) in [5.74, 6) is -0.653. The van der Waals surface area contributed by atoms with E-state index in [0.29, 0.717) is 5.69 Å². The predicted octanol–water partition coefficient (Wildman–Crippen LogP) is 3.52. The van der Waals surface area contributed by atoms with Crippen LogP contribution in [0.15, 0.2) is 67.0 Å². The van der Waals surface area contributed by atoms with Gasteiger partial charge in [-0.1, -0.05) is 12.1 Å². The highest BCUT2D eigenvalue weighted by molar-refractivity contribution is 6.06. The number of carbonyl (C=O) groups excluding carboxylic acids is 1. The van der Waals surface area contributed by atoms with Crippen molar-refractivity contribution in [3.63, 3.8) is 0 Å². The van der Waals surface area contributed by atoms with Crippen LogP contribution in [0.1, 0.15) is 15.9 Å². The average Bonchev–Trinajstić information content (AvgIpc) is 2.88. The van der Waals surface area contributed by atoms with Gasteiger partial charge in [0.25, 0.3) is 17.3 Å². The number of benzene rings is 2. The van der Waals surface area contributed by atoms with E-state index in [2.05, 4.69) is 20.1 Å². The van der Waals surface area contributed by atoms with Gasteiger partial charge in [0, 0.05) is 57.3 Å². The Labute approximate surface area is 201 Å². The van der Waals surface area contributed by atoms with Gasteiger partial charge < -0.3 is 10.2 Å². The van der Waals surface area contributed by atoms with Gasteiger partial charge in [0.2, 0.25) is 0 Å². The minimum atomic E-state index is -0.758. The molecule has 0 saturated carbocycles. The van der Waals surface area contributed by atoms with Gasteiger partial charge in [-0.05, 0) is 36.2 Å². The number of nitrogens with one attached hydrogen (secondary N) is 1. The van der Waals surface area contributed by atoms with E-state index in [1.165, 1.54) is 5.56 Å². The van der Waals surface area contributed by atoms with E-state index in [0.717, 1.165) is 63.0 Å². The number of hydrogen-bond acceptors (Lipinski definition) is 8. The average molecular weight is 476 g/mol. The molecule has 0 spiro atoms. The third-order valence-corrected chi connectivity index (χ3v) is 5.92. The molecule has 1 amide bonds. The number of pyridine rings is 1. The number of rotatable bonds is 8. The normalized spacial score (nSPS) is 13.9. The molecule has 4 rings (SSSR count). The van der Waals surface area contributed by atoms with Gasteiger partial charge in [0.05, 0.1) is 32.9 Å². The number of non-ortho nitro benzene ring substituents is 2. The lowest BCUT2D eigenvalue weighted by atomic mass is 10.1. The first-order valence-electron chi connectivity index (χ1n) is 11.1. The molecule has 1 aliphatic rings. The zero-order valence-corrected chi connectivity index (χ0v) is 18.9. The molecule has 2 aromatic carbocycles. The van der Waals surface area contributed by atoms with Crippen molar-refractivity contribution in [2.75, 3.05) is 42.9 Å². The zero-order chi connectivity index (χ0) is 24.8. The number of para-hydroxylation sites is 2. The van der Waals surface area contributed by atoms with Gasteiger partial charge >= 0.3 is 0 Å². The van der Waals surface area contributed by atoms with Crippen LogP contribution in [0.5, 0.6) is 0 Å². The molecule has 1 N–H and O–H groups in total. The van der Waals surface area contributed by atoms with E-state index in [-0.39, 0.29) is 5.56 Å². The Kier molecular flexibility index (Phi) is 7.27. The SMILES string of the molecule is O=C(Nc1ccccc1N1CCN(CCc2ccncc2)CC1)c1cc([N+](=O)[O-])cc([N+](=O)[O-])c1. The Morgan fingerprint density at radius 2 is 1.54 bits per heavy atom. The molecule has 2 heterocycles. The summed E-state index contributed by atoms with van der Waals surface area (Å²) in [4.78, 5) is 42.3. The molecule has 1 aliphatic heterocycles. The van der Waals surface area contributed by atoms with Gasteiger partial charge in [0.15, 0.2) is 0 Å². The molecule has 0 unspecified atom stereocenters. The first-order chi connectivity index (χ1) is 16.9. The highest BCUT2D eigenvalue weighted by atomic mass is 16.6. The Hall–Kier alpha value is -4.38. The maximum atomic E-state index is 12.9. The van der Waals surface area contributed by atoms with E-state index in [4.69, 9.17) is 0 Å². The molecule has 11 heteroatoms. The zero-order valence-electron chi connectivity index (χ0n) is 18.9. The Morgan fingerprint density at radius 3 is 2.17 bits per heavy atom.